The molecular formula is C20H18F3N3O2. The maximum atomic E-state index is 12.8. The molecule has 0 saturated carbocycles. The molecule has 0 radical (unpaired) electrons. The Morgan fingerprint density at radius 3 is 2.36 bits per heavy atom. The Balaban J connectivity index is 1.50. The van der Waals surface area contributed by atoms with Crippen LogP contribution < -0.4 is 0 Å². The smallest absolute Gasteiger partial charge is 0.416 e. The minimum atomic E-state index is -4.37. The average molecular weight is 389 g/mol. The van der Waals surface area contributed by atoms with Crippen molar-refractivity contribution in [2.45, 2.75) is 31.6 Å². The van der Waals surface area contributed by atoms with E-state index in [1.165, 1.54) is 18.4 Å². The zero-order valence-corrected chi connectivity index (χ0v) is 15.2. The van der Waals surface area contributed by atoms with Crippen LogP contribution in [0.4, 0.5) is 13.2 Å². The number of aliphatic imine (C=N–C) groups is 2. The number of piperidine rings is 1. The van der Waals surface area contributed by atoms with E-state index in [2.05, 4.69) is 0 Å². The number of rotatable bonds is 2. The molecule has 2 aliphatic heterocycles. The highest BCUT2D eigenvalue weighted by atomic mass is 19.4. The number of amides is 1. The molecule has 2 aromatic rings. The molecular weight excluding hydrogens is 371 g/mol. The fraction of sp³-hybridized carbons (Fsp3) is 0.350. The molecule has 1 aromatic heterocycles. The van der Waals surface area contributed by atoms with Crippen molar-refractivity contribution >= 4 is 17.3 Å². The molecule has 1 amide bonds. The van der Waals surface area contributed by atoms with Crippen LogP contribution in [0.15, 0.2) is 57.1 Å². The summed E-state index contributed by atoms with van der Waals surface area (Å²) in [5.74, 6) is 0.140. The van der Waals surface area contributed by atoms with Gasteiger partial charge < -0.3 is 9.32 Å². The molecule has 28 heavy (non-hydrogen) atoms. The van der Waals surface area contributed by atoms with E-state index in [1.54, 1.807) is 17.0 Å². The summed E-state index contributed by atoms with van der Waals surface area (Å²) in [5, 5.41) is 0. The standard InChI is InChI=1S/C20H18F3N3O2/c1-13-17(14-4-6-15(7-5-14)20(21,22)23)25-19(24-13)8-10-26(11-9-19)18(27)16-3-2-12-28-16/h2-7,12H,8-11H2,1H3. The molecule has 1 saturated heterocycles. The van der Waals surface area contributed by atoms with Crippen LogP contribution >= 0.6 is 0 Å². The highest BCUT2D eigenvalue weighted by molar-refractivity contribution is 6.48. The van der Waals surface area contributed by atoms with Crippen molar-refractivity contribution in [3.63, 3.8) is 0 Å². The van der Waals surface area contributed by atoms with Gasteiger partial charge in [-0.2, -0.15) is 13.2 Å². The molecule has 5 nitrogen and oxygen atoms in total. The third kappa shape index (κ3) is 3.34. The maximum Gasteiger partial charge on any atom is 0.416 e. The monoisotopic (exact) mass is 389 g/mol. The number of carbonyl (C=O) groups excluding carboxylic acids is 1. The van der Waals surface area contributed by atoms with Crippen LogP contribution in [0.2, 0.25) is 0 Å². The van der Waals surface area contributed by atoms with Gasteiger partial charge in [-0.3, -0.25) is 14.8 Å². The van der Waals surface area contributed by atoms with Crippen molar-refractivity contribution in [1.29, 1.82) is 0 Å². The largest absolute Gasteiger partial charge is 0.459 e. The predicted octanol–water partition coefficient (Wildman–Crippen LogP) is 4.19. The number of carbonyl (C=O) groups is 1. The molecule has 0 unspecified atom stereocenters. The summed E-state index contributed by atoms with van der Waals surface area (Å²) in [4.78, 5) is 23.5. The second-order valence-electron chi connectivity index (χ2n) is 6.98. The SMILES string of the molecule is CC1=NC2(CCN(C(=O)c3ccco3)CC2)N=C1c1ccc(C(F)(F)F)cc1. The lowest BCUT2D eigenvalue weighted by atomic mass is 9.98. The first-order chi connectivity index (χ1) is 13.3. The summed E-state index contributed by atoms with van der Waals surface area (Å²) in [5.41, 5.74) is 0.580. The summed E-state index contributed by atoms with van der Waals surface area (Å²) in [6.45, 7) is 2.78. The van der Waals surface area contributed by atoms with Crippen LogP contribution in [0, 0.1) is 0 Å². The molecule has 0 aliphatic carbocycles. The number of hydrogen-bond donors (Lipinski definition) is 0. The first kappa shape index (κ1) is 18.5. The Bertz CT molecular complexity index is 936. The second-order valence-corrected chi connectivity index (χ2v) is 6.98. The lowest BCUT2D eigenvalue weighted by molar-refractivity contribution is -0.137. The minimum absolute atomic E-state index is 0.162. The van der Waals surface area contributed by atoms with Crippen molar-refractivity contribution in [1.82, 2.24) is 4.90 Å². The van der Waals surface area contributed by atoms with Crippen molar-refractivity contribution < 1.29 is 22.4 Å². The Kier molecular flexibility index (Phi) is 4.36. The second kappa shape index (κ2) is 6.61. The molecule has 0 atom stereocenters. The van der Waals surface area contributed by atoms with Gasteiger partial charge in [0.25, 0.3) is 5.91 Å². The molecule has 1 fully saturated rings. The van der Waals surface area contributed by atoms with E-state index >= 15 is 0 Å². The first-order valence-electron chi connectivity index (χ1n) is 8.95. The minimum Gasteiger partial charge on any atom is -0.459 e. The summed E-state index contributed by atoms with van der Waals surface area (Å²) in [6, 6.07) is 8.27. The van der Waals surface area contributed by atoms with E-state index in [0.29, 0.717) is 48.7 Å². The lowest BCUT2D eigenvalue weighted by Crippen LogP contribution is -2.44. The summed E-state index contributed by atoms with van der Waals surface area (Å²) >= 11 is 0. The lowest BCUT2D eigenvalue weighted by Gasteiger charge is -2.35. The predicted molar refractivity (Wildman–Crippen MR) is 97.7 cm³/mol. The van der Waals surface area contributed by atoms with E-state index in [1.807, 2.05) is 6.92 Å². The van der Waals surface area contributed by atoms with Crippen LogP contribution in [0.1, 0.15) is 41.4 Å². The zero-order valence-electron chi connectivity index (χ0n) is 15.2. The van der Waals surface area contributed by atoms with Gasteiger partial charge in [-0.25, -0.2) is 0 Å². The number of likely N-dealkylation sites (tertiary alicyclic amines) is 1. The van der Waals surface area contributed by atoms with Gasteiger partial charge in [0.2, 0.25) is 0 Å². The number of hydrogen-bond acceptors (Lipinski definition) is 4. The third-order valence-electron chi connectivity index (χ3n) is 5.11. The molecule has 0 bridgehead atoms. The van der Waals surface area contributed by atoms with Crippen LogP contribution in [-0.4, -0.2) is 41.0 Å². The Morgan fingerprint density at radius 2 is 1.79 bits per heavy atom. The third-order valence-corrected chi connectivity index (χ3v) is 5.11. The van der Waals surface area contributed by atoms with Gasteiger partial charge in [-0.15, -0.1) is 0 Å². The van der Waals surface area contributed by atoms with Gasteiger partial charge in [-0.1, -0.05) is 12.1 Å². The van der Waals surface area contributed by atoms with E-state index < -0.39 is 17.4 Å². The van der Waals surface area contributed by atoms with Crippen LogP contribution in [0.25, 0.3) is 0 Å². The van der Waals surface area contributed by atoms with E-state index in [0.717, 1.165) is 12.1 Å². The topological polar surface area (TPSA) is 58.2 Å². The molecule has 1 spiro atoms. The molecule has 1 aromatic carbocycles. The summed E-state index contributed by atoms with van der Waals surface area (Å²) < 4.78 is 43.5. The fourth-order valence-corrected chi connectivity index (χ4v) is 3.62. The van der Waals surface area contributed by atoms with Gasteiger partial charge in [0, 0.05) is 31.5 Å². The summed E-state index contributed by atoms with van der Waals surface area (Å²) in [7, 11) is 0. The molecule has 0 N–H and O–H groups in total. The molecule has 146 valence electrons. The van der Waals surface area contributed by atoms with E-state index in [9.17, 15) is 18.0 Å². The Hall–Kier alpha value is -2.90. The van der Waals surface area contributed by atoms with Crippen molar-refractivity contribution in [3.8, 4) is 0 Å². The van der Waals surface area contributed by atoms with E-state index in [4.69, 9.17) is 14.4 Å². The van der Waals surface area contributed by atoms with Crippen LogP contribution in [0.3, 0.4) is 0 Å². The van der Waals surface area contributed by atoms with Crippen LogP contribution in [-0.2, 0) is 6.18 Å². The van der Waals surface area contributed by atoms with Crippen LogP contribution in [0.5, 0.6) is 0 Å². The zero-order chi connectivity index (χ0) is 19.9. The maximum absolute atomic E-state index is 12.8. The average Bonchev–Trinajstić information content (AvgIpc) is 3.30. The highest BCUT2D eigenvalue weighted by Gasteiger charge is 2.40. The number of halogens is 3. The van der Waals surface area contributed by atoms with E-state index in [-0.39, 0.29) is 5.91 Å². The summed E-state index contributed by atoms with van der Waals surface area (Å²) in [6.07, 6.45) is -1.79. The molecule has 2 aliphatic rings. The molecule has 3 heterocycles. The number of furan rings is 1. The molecule has 8 heteroatoms. The number of benzene rings is 1. The van der Waals surface area contributed by atoms with Crippen molar-refractivity contribution in [3.05, 3.63) is 59.5 Å². The quantitative estimate of drug-likeness (QED) is 0.773. The van der Waals surface area contributed by atoms with Crippen molar-refractivity contribution in [2.75, 3.05) is 13.1 Å². The van der Waals surface area contributed by atoms with Gasteiger partial charge >= 0.3 is 6.18 Å². The molecule has 4 rings (SSSR count). The number of alkyl halides is 3. The van der Waals surface area contributed by atoms with Crippen molar-refractivity contribution in [2.24, 2.45) is 9.98 Å². The van der Waals surface area contributed by atoms with Gasteiger partial charge in [0.1, 0.15) is 0 Å². The van der Waals surface area contributed by atoms with Gasteiger partial charge in [0.05, 0.1) is 23.2 Å². The first-order valence-corrected chi connectivity index (χ1v) is 8.95. The van der Waals surface area contributed by atoms with Gasteiger partial charge in [-0.05, 0) is 31.2 Å². The van der Waals surface area contributed by atoms with Gasteiger partial charge in [0.15, 0.2) is 11.4 Å². The fourth-order valence-electron chi connectivity index (χ4n) is 3.62. The number of nitrogens with zero attached hydrogens (tertiary/aromatic N) is 3. The Labute approximate surface area is 159 Å². The normalized spacial score (nSPS) is 18.9. The Morgan fingerprint density at radius 1 is 1.11 bits per heavy atom. The highest BCUT2D eigenvalue weighted by Crippen LogP contribution is 2.34.